The Balaban J connectivity index is 1.21. The Kier molecular flexibility index (Phi) is 6.50. The van der Waals surface area contributed by atoms with Gasteiger partial charge in [-0.1, -0.05) is 11.6 Å². The minimum atomic E-state index is 0.0892. The number of aromatic amines is 1. The number of nitrogens with one attached hydrogen (secondary N) is 1. The van der Waals surface area contributed by atoms with E-state index >= 15 is 0 Å². The molecular weight excluding hydrogens is 474 g/mol. The molecule has 7 nitrogen and oxygen atoms in total. The fourth-order valence-electron chi connectivity index (χ4n) is 5.99. The van der Waals surface area contributed by atoms with Gasteiger partial charge in [-0.25, -0.2) is 4.98 Å². The first-order valence-electron chi connectivity index (χ1n) is 12.7. The lowest BCUT2D eigenvalue weighted by molar-refractivity contribution is -0.128. The number of likely N-dealkylation sites (tertiary alicyclic amines) is 2. The quantitative estimate of drug-likeness (QED) is 0.365. The zero-order chi connectivity index (χ0) is 24.5. The van der Waals surface area contributed by atoms with Crippen molar-refractivity contribution < 1.29 is 9.53 Å². The summed E-state index contributed by atoms with van der Waals surface area (Å²) in [5.74, 6) is 1.62. The van der Waals surface area contributed by atoms with Crippen molar-refractivity contribution in [3.8, 4) is 5.75 Å². The molecule has 0 saturated carbocycles. The normalized spacial score (nSPS) is 23.2. The zero-order valence-corrected chi connectivity index (χ0v) is 20.9. The Morgan fingerprint density at radius 2 is 2.00 bits per heavy atom. The van der Waals surface area contributed by atoms with Crippen LogP contribution in [0, 0.1) is 5.92 Å². The molecule has 8 heteroatoms. The maximum atomic E-state index is 12.1. The third-order valence-corrected chi connectivity index (χ3v) is 8.04. The van der Waals surface area contributed by atoms with Gasteiger partial charge in [0.25, 0.3) is 0 Å². The van der Waals surface area contributed by atoms with E-state index in [1.54, 1.807) is 0 Å². The lowest BCUT2D eigenvalue weighted by atomic mass is 9.84. The van der Waals surface area contributed by atoms with Gasteiger partial charge in [-0.05, 0) is 73.6 Å². The highest BCUT2D eigenvalue weighted by Crippen LogP contribution is 2.38. The maximum Gasteiger partial charge on any atom is 0.210 e. The summed E-state index contributed by atoms with van der Waals surface area (Å²) in [6.07, 6.45) is 10.9. The highest BCUT2D eigenvalue weighted by Gasteiger charge is 2.35. The van der Waals surface area contributed by atoms with Gasteiger partial charge in [-0.3, -0.25) is 14.7 Å². The maximum absolute atomic E-state index is 12.1. The monoisotopic (exact) mass is 503 g/mol. The van der Waals surface area contributed by atoms with Crippen LogP contribution in [0.3, 0.4) is 0 Å². The molecule has 2 aliphatic heterocycles. The molecule has 0 aliphatic carbocycles. The van der Waals surface area contributed by atoms with E-state index in [2.05, 4.69) is 32.0 Å². The second-order valence-electron chi connectivity index (χ2n) is 9.97. The molecule has 3 aromatic heterocycles. The highest BCUT2D eigenvalue weighted by molar-refractivity contribution is 6.30. The molecule has 0 bridgehead atoms. The number of hydrogen-bond acceptors (Lipinski definition) is 5. The van der Waals surface area contributed by atoms with Crippen molar-refractivity contribution in [2.45, 2.75) is 37.8 Å². The predicted molar refractivity (Wildman–Crippen MR) is 141 cm³/mol. The van der Waals surface area contributed by atoms with Crippen molar-refractivity contribution >= 4 is 39.9 Å². The van der Waals surface area contributed by atoms with Crippen LogP contribution in [0.1, 0.15) is 37.2 Å². The number of aromatic nitrogens is 3. The number of benzene rings is 1. The number of hydrogen-bond donors (Lipinski definition) is 1. The predicted octanol–water partition coefficient (Wildman–Crippen LogP) is 5.22. The van der Waals surface area contributed by atoms with Crippen molar-refractivity contribution in [1.82, 2.24) is 24.8 Å². The van der Waals surface area contributed by atoms with Gasteiger partial charge < -0.3 is 14.6 Å². The van der Waals surface area contributed by atoms with Crippen LogP contribution in [-0.2, 0) is 4.79 Å². The van der Waals surface area contributed by atoms with Gasteiger partial charge in [0.05, 0.1) is 24.5 Å². The Morgan fingerprint density at radius 3 is 2.86 bits per heavy atom. The fraction of sp³-hybridized carbons (Fsp3) is 0.393. The van der Waals surface area contributed by atoms with Crippen LogP contribution in [0.5, 0.6) is 5.75 Å². The Labute approximate surface area is 215 Å². The number of rotatable bonds is 6. The van der Waals surface area contributed by atoms with Crippen LogP contribution in [0.15, 0.2) is 55.0 Å². The van der Waals surface area contributed by atoms with Crippen molar-refractivity contribution in [2.75, 3.05) is 26.2 Å². The molecule has 6 rings (SSSR count). The van der Waals surface area contributed by atoms with Gasteiger partial charge >= 0.3 is 0 Å². The van der Waals surface area contributed by atoms with Crippen LogP contribution in [-0.4, -0.2) is 63.6 Å². The number of halogens is 1. The third kappa shape index (κ3) is 4.53. The number of ether oxygens (including phenoxy) is 1. The first kappa shape index (κ1) is 23.3. The summed E-state index contributed by atoms with van der Waals surface area (Å²) < 4.78 is 6.08. The molecule has 4 aromatic rings. The van der Waals surface area contributed by atoms with Crippen LogP contribution in [0.25, 0.3) is 21.9 Å². The standard InChI is InChI=1S/C28H30ClN5O2/c29-21-3-5-22(6-4-21)36-17-19-2-1-12-33(16-19)26-14-20(9-13-34(26)18-35)23-7-10-30-25-15-32-28-24(27(23)25)8-11-31-28/h3-8,10-11,15,18-20,26H,1-2,9,12-14,16-17H2,(H,31,32). The summed E-state index contributed by atoms with van der Waals surface area (Å²) in [5, 5.41) is 3.00. The number of amides is 1. The number of carbonyl (C=O) groups excluding carboxylic acids is 1. The average Bonchev–Trinajstić information content (AvgIpc) is 3.42. The minimum absolute atomic E-state index is 0.0892. The van der Waals surface area contributed by atoms with Gasteiger partial charge in [-0.2, -0.15) is 0 Å². The largest absolute Gasteiger partial charge is 0.493 e. The molecule has 1 N–H and O–H groups in total. The molecule has 5 heterocycles. The second kappa shape index (κ2) is 10.1. The lowest BCUT2D eigenvalue weighted by Crippen LogP contribution is -2.55. The summed E-state index contributed by atoms with van der Waals surface area (Å²) >= 11 is 6.00. The molecule has 3 atom stereocenters. The van der Waals surface area contributed by atoms with E-state index in [1.807, 2.05) is 47.8 Å². The molecule has 1 aromatic carbocycles. The summed E-state index contributed by atoms with van der Waals surface area (Å²) in [7, 11) is 0. The molecular formula is C28H30ClN5O2. The van der Waals surface area contributed by atoms with Crippen LogP contribution >= 0.6 is 11.6 Å². The van der Waals surface area contributed by atoms with Crippen molar-refractivity contribution in [2.24, 2.45) is 5.92 Å². The van der Waals surface area contributed by atoms with E-state index in [4.69, 9.17) is 16.3 Å². The minimum Gasteiger partial charge on any atom is -0.493 e. The van der Waals surface area contributed by atoms with E-state index in [9.17, 15) is 4.79 Å². The topological polar surface area (TPSA) is 74.4 Å². The number of carbonyl (C=O) groups is 1. The van der Waals surface area contributed by atoms with Crippen LogP contribution in [0.4, 0.5) is 0 Å². The number of pyridine rings is 2. The summed E-state index contributed by atoms with van der Waals surface area (Å²) in [4.78, 5) is 28.9. The van der Waals surface area contributed by atoms with Gasteiger partial charge in [0, 0.05) is 53.7 Å². The second-order valence-corrected chi connectivity index (χ2v) is 10.4. The molecule has 3 unspecified atom stereocenters. The van der Waals surface area contributed by atoms with Gasteiger partial charge in [0.15, 0.2) is 0 Å². The van der Waals surface area contributed by atoms with E-state index in [0.29, 0.717) is 23.5 Å². The van der Waals surface area contributed by atoms with Crippen LogP contribution < -0.4 is 4.74 Å². The molecule has 2 saturated heterocycles. The molecule has 2 fully saturated rings. The van der Waals surface area contributed by atoms with E-state index < -0.39 is 0 Å². The smallest absolute Gasteiger partial charge is 0.210 e. The number of fused-ring (bicyclic) bond motifs is 3. The molecule has 186 valence electrons. The average molecular weight is 504 g/mol. The Hall–Kier alpha value is -3.16. The summed E-state index contributed by atoms with van der Waals surface area (Å²) in [6.45, 7) is 3.36. The number of piperidine rings is 2. The number of H-pyrrole nitrogens is 1. The van der Waals surface area contributed by atoms with Gasteiger partial charge in [0.1, 0.15) is 11.4 Å². The summed E-state index contributed by atoms with van der Waals surface area (Å²) in [6, 6.07) is 11.8. The number of nitrogens with zero attached hydrogens (tertiary/aromatic N) is 4. The molecule has 0 radical (unpaired) electrons. The fourth-order valence-corrected chi connectivity index (χ4v) is 6.12. The van der Waals surface area contributed by atoms with E-state index in [-0.39, 0.29) is 6.17 Å². The Bertz CT molecular complexity index is 1360. The van der Waals surface area contributed by atoms with E-state index in [1.165, 1.54) is 10.9 Å². The van der Waals surface area contributed by atoms with Gasteiger partial charge in [0.2, 0.25) is 6.41 Å². The summed E-state index contributed by atoms with van der Waals surface area (Å²) in [5.41, 5.74) is 3.12. The highest BCUT2D eigenvalue weighted by atomic mass is 35.5. The molecule has 1 amide bonds. The van der Waals surface area contributed by atoms with Gasteiger partial charge in [-0.15, -0.1) is 0 Å². The van der Waals surface area contributed by atoms with Crippen molar-refractivity contribution in [1.29, 1.82) is 0 Å². The first-order chi connectivity index (χ1) is 17.7. The van der Waals surface area contributed by atoms with E-state index in [0.717, 1.165) is 74.0 Å². The van der Waals surface area contributed by atoms with Crippen molar-refractivity contribution in [3.63, 3.8) is 0 Å². The SMILES string of the molecule is O=CN1CCC(c2ccnc3cnc4[nH]ccc4c23)CC1N1CCCC(COc2ccc(Cl)cc2)C1. The molecule has 2 aliphatic rings. The molecule has 0 spiro atoms. The third-order valence-electron chi connectivity index (χ3n) is 7.78. The van der Waals surface area contributed by atoms with Crippen LogP contribution in [0.2, 0.25) is 5.02 Å². The zero-order valence-electron chi connectivity index (χ0n) is 20.1. The first-order valence-corrected chi connectivity index (χ1v) is 13.1. The molecule has 36 heavy (non-hydrogen) atoms. The Morgan fingerprint density at radius 1 is 1.11 bits per heavy atom. The lowest BCUT2D eigenvalue weighted by Gasteiger charge is -2.46. The van der Waals surface area contributed by atoms with Crippen molar-refractivity contribution in [3.05, 3.63) is 65.6 Å².